The summed E-state index contributed by atoms with van der Waals surface area (Å²) in [5, 5.41) is 13.1. The van der Waals surface area contributed by atoms with Crippen LogP contribution in [0.3, 0.4) is 0 Å². The molecule has 0 atom stereocenters. The second-order valence-corrected chi connectivity index (χ2v) is 6.21. The number of aliphatic hydroxyl groups is 1. The molecule has 1 fully saturated rings. The van der Waals surface area contributed by atoms with Gasteiger partial charge in [-0.1, -0.05) is 26.0 Å². The molecule has 21 heavy (non-hydrogen) atoms. The lowest BCUT2D eigenvalue weighted by Crippen LogP contribution is -2.47. The highest BCUT2D eigenvalue weighted by Gasteiger charge is 2.23. The Morgan fingerprint density at radius 3 is 2.19 bits per heavy atom. The molecule has 0 spiro atoms. The van der Waals surface area contributed by atoms with E-state index in [1.165, 1.54) is 43.6 Å². The average Bonchev–Trinajstić information content (AvgIpc) is 2.58. The summed E-state index contributed by atoms with van der Waals surface area (Å²) >= 11 is 0. The molecule has 0 unspecified atom stereocenters. The summed E-state index contributed by atoms with van der Waals surface area (Å²) in [6.45, 7) is 7.67. The molecule has 118 valence electrons. The highest BCUT2D eigenvalue weighted by Crippen LogP contribution is 2.21. The molecule has 3 heteroatoms. The lowest BCUT2D eigenvalue weighted by molar-refractivity contribution is 0.149. The topological polar surface area (TPSA) is 35.5 Å². The number of nitrogens with zero attached hydrogens (tertiary/aromatic N) is 1. The van der Waals surface area contributed by atoms with Gasteiger partial charge in [-0.2, -0.15) is 0 Å². The Balaban J connectivity index is 1.92. The summed E-state index contributed by atoms with van der Waals surface area (Å²) in [6.07, 6.45) is 5.90. The van der Waals surface area contributed by atoms with Crippen molar-refractivity contribution < 1.29 is 5.11 Å². The van der Waals surface area contributed by atoms with Gasteiger partial charge in [0.15, 0.2) is 0 Å². The van der Waals surface area contributed by atoms with Crippen LogP contribution in [0.15, 0.2) is 24.3 Å². The number of hydrogen-bond acceptors (Lipinski definition) is 3. The zero-order valence-corrected chi connectivity index (χ0v) is 13.6. The highest BCUT2D eigenvalue weighted by molar-refractivity contribution is 5.47. The van der Waals surface area contributed by atoms with E-state index in [1.54, 1.807) is 0 Å². The van der Waals surface area contributed by atoms with Gasteiger partial charge in [-0.25, -0.2) is 0 Å². The van der Waals surface area contributed by atoms with Crippen LogP contribution in [0.5, 0.6) is 0 Å². The SMILES string of the molecule is CCC(CC)(CO)NCc1ccc(N2CCCCC2)cc1. The maximum atomic E-state index is 9.60. The normalized spacial score (nSPS) is 16.2. The summed E-state index contributed by atoms with van der Waals surface area (Å²) in [7, 11) is 0. The Morgan fingerprint density at radius 2 is 1.67 bits per heavy atom. The maximum Gasteiger partial charge on any atom is 0.0613 e. The van der Waals surface area contributed by atoms with E-state index in [0.29, 0.717) is 0 Å². The molecule has 1 saturated heterocycles. The van der Waals surface area contributed by atoms with Crippen LogP contribution in [0.1, 0.15) is 51.5 Å². The molecule has 2 rings (SSSR count). The molecule has 1 heterocycles. The van der Waals surface area contributed by atoms with Crippen molar-refractivity contribution >= 4 is 5.69 Å². The molecule has 1 aromatic carbocycles. The summed E-state index contributed by atoms with van der Waals surface area (Å²) in [5.74, 6) is 0. The first kappa shape index (κ1) is 16.3. The first-order valence-corrected chi connectivity index (χ1v) is 8.43. The molecule has 0 amide bonds. The van der Waals surface area contributed by atoms with Crippen LogP contribution < -0.4 is 10.2 Å². The van der Waals surface area contributed by atoms with Crippen molar-refractivity contribution in [1.82, 2.24) is 5.32 Å². The van der Waals surface area contributed by atoms with Crippen molar-refractivity contribution in [3.63, 3.8) is 0 Å². The predicted molar refractivity (Wildman–Crippen MR) is 89.7 cm³/mol. The average molecular weight is 290 g/mol. The van der Waals surface area contributed by atoms with E-state index in [0.717, 1.165) is 19.4 Å². The molecule has 1 aliphatic rings. The molecule has 3 nitrogen and oxygen atoms in total. The molecule has 1 aliphatic heterocycles. The van der Waals surface area contributed by atoms with Crippen LogP contribution in [-0.4, -0.2) is 30.3 Å². The van der Waals surface area contributed by atoms with Gasteiger partial charge in [0.1, 0.15) is 0 Å². The van der Waals surface area contributed by atoms with Gasteiger partial charge >= 0.3 is 0 Å². The van der Waals surface area contributed by atoms with Crippen molar-refractivity contribution in [2.24, 2.45) is 0 Å². The standard InChI is InChI=1S/C18H30N2O/c1-3-18(4-2,15-21)19-14-16-8-10-17(11-9-16)20-12-6-5-7-13-20/h8-11,19,21H,3-7,12-15H2,1-2H3. The Morgan fingerprint density at radius 1 is 1.05 bits per heavy atom. The smallest absolute Gasteiger partial charge is 0.0613 e. The van der Waals surface area contributed by atoms with Crippen LogP contribution in [0, 0.1) is 0 Å². The molecular weight excluding hydrogens is 260 g/mol. The van der Waals surface area contributed by atoms with E-state index in [2.05, 4.69) is 48.3 Å². The van der Waals surface area contributed by atoms with Crippen molar-refractivity contribution in [2.75, 3.05) is 24.6 Å². The predicted octanol–water partition coefficient (Wildman–Crippen LogP) is 3.32. The lowest BCUT2D eigenvalue weighted by atomic mass is 9.93. The first-order valence-electron chi connectivity index (χ1n) is 8.43. The number of anilines is 1. The van der Waals surface area contributed by atoms with Gasteiger partial charge in [-0.3, -0.25) is 0 Å². The van der Waals surface area contributed by atoms with Gasteiger partial charge in [-0.05, 0) is 49.8 Å². The third kappa shape index (κ3) is 4.21. The number of nitrogens with one attached hydrogen (secondary N) is 1. The van der Waals surface area contributed by atoms with E-state index in [4.69, 9.17) is 0 Å². The van der Waals surface area contributed by atoms with E-state index >= 15 is 0 Å². The van der Waals surface area contributed by atoms with Crippen LogP contribution in [0.4, 0.5) is 5.69 Å². The Labute approximate surface area is 129 Å². The lowest BCUT2D eigenvalue weighted by Gasteiger charge is -2.31. The molecule has 0 radical (unpaired) electrons. The quantitative estimate of drug-likeness (QED) is 0.808. The monoisotopic (exact) mass is 290 g/mol. The third-order valence-corrected chi connectivity index (χ3v) is 4.98. The minimum Gasteiger partial charge on any atom is -0.394 e. The van der Waals surface area contributed by atoms with E-state index < -0.39 is 0 Å². The molecule has 0 aromatic heterocycles. The third-order valence-electron chi connectivity index (χ3n) is 4.98. The van der Waals surface area contributed by atoms with Gasteiger partial charge in [0.05, 0.1) is 6.61 Å². The second kappa shape index (κ2) is 7.81. The van der Waals surface area contributed by atoms with Gasteiger partial charge in [0, 0.05) is 30.9 Å². The van der Waals surface area contributed by atoms with Gasteiger partial charge in [0.25, 0.3) is 0 Å². The van der Waals surface area contributed by atoms with E-state index in [-0.39, 0.29) is 12.1 Å². The number of rotatable bonds is 7. The first-order chi connectivity index (χ1) is 10.2. The van der Waals surface area contributed by atoms with Gasteiger partial charge < -0.3 is 15.3 Å². The van der Waals surface area contributed by atoms with Crippen LogP contribution >= 0.6 is 0 Å². The van der Waals surface area contributed by atoms with Gasteiger partial charge in [0.2, 0.25) is 0 Å². The van der Waals surface area contributed by atoms with Crippen LogP contribution in [0.2, 0.25) is 0 Å². The number of hydrogen-bond donors (Lipinski definition) is 2. The molecule has 0 saturated carbocycles. The zero-order chi connectivity index (χ0) is 15.1. The minimum atomic E-state index is -0.133. The van der Waals surface area contributed by atoms with Gasteiger partial charge in [-0.15, -0.1) is 0 Å². The van der Waals surface area contributed by atoms with Crippen molar-refractivity contribution in [3.8, 4) is 0 Å². The van der Waals surface area contributed by atoms with E-state index in [9.17, 15) is 5.11 Å². The Bertz CT molecular complexity index is 397. The Kier molecular flexibility index (Phi) is 6.07. The molecule has 0 bridgehead atoms. The molecular formula is C18H30N2O. The fourth-order valence-corrected chi connectivity index (χ4v) is 3.05. The minimum absolute atomic E-state index is 0.133. The fraction of sp³-hybridized carbons (Fsp3) is 0.667. The molecule has 1 aromatic rings. The molecule has 0 aliphatic carbocycles. The largest absolute Gasteiger partial charge is 0.394 e. The van der Waals surface area contributed by atoms with Crippen molar-refractivity contribution in [1.29, 1.82) is 0 Å². The number of benzene rings is 1. The Hall–Kier alpha value is -1.06. The van der Waals surface area contributed by atoms with Crippen LogP contribution in [0.25, 0.3) is 0 Å². The van der Waals surface area contributed by atoms with Crippen molar-refractivity contribution in [3.05, 3.63) is 29.8 Å². The summed E-state index contributed by atoms with van der Waals surface area (Å²) < 4.78 is 0. The fourth-order valence-electron chi connectivity index (χ4n) is 3.05. The summed E-state index contributed by atoms with van der Waals surface area (Å²) in [4.78, 5) is 2.48. The zero-order valence-electron chi connectivity index (χ0n) is 13.6. The van der Waals surface area contributed by atoms with E-state index in [1.807, 2.05) is 0 Å². The van der Waals surface area contributed by atoms with Crippen LogP contribution in [-0.2, 0) is 6.54 Å². The maximum absolute atomic E-state index is 9.60. The second-order valence-electron chi connectivity index (χ2n) is 6.21. The number of aliphatic hydroxyl groups excluding tert-OH is 1. The number of piperidine rings is 1. The molecule has 2 N–H and O–H groups in total. The summed E-state index contributed by atoms with van der Waals surface area (Å²) in [6, 6.07) is 8.90. The van der Waals surface area contributed by atoms with Crippen molar-refractivity contribution in [2.45, 2.75) is 58.0 Å². The highest BCUT2D eigenvalue weighted by atomic mass is 16.3. The summed E-state index contributed by atoms with van der Waals surface area (Å²) in [5.41, 5.74) is 2.50.